The van der Waals surface area contributed by atoms with Gasteiger partial charge in [0, 0.05) is 5.56 Å². The van der Waals surface area contributed by atoms with Crippen LogP contribution in [0.3, 0.4) is 0 Å². The highest BCUT2D eigenvalue weighted by molar-refractivity contribution is 7.16. The van der Waals surface area contributed by atoms with E-state index in [1.807, 2.05) is 39.9 Å². The summed E-state index contributed by atoms with van der Waals surface area (Å²) in [5.74, 6) is 0.365. The van der Waals surface area contributed by atoms with E-state index in [1.54, 1.807) is 23.9 Å². The highest BCUT2D eigenvalue weighted by Gasteiger charge is 2.34. The molecule has 0 radical (unpaired) electrons. The van der Waals surface area contributed by atoms with Crippen molar-refractivity contribution >= 4 is 49.8 Å². The van der Waals surface area contributed by atoms with Gasteiger partial charge in [0.1, 0.15) is 11.3 Å². The van der Waals surface area contributed by atoms with Crippen LogP contribution in [-0.2, 0) is 4.74 Å². The van der Waals surface area contributed by atoms with E-state index in [0.29, 0.717) is 30.1 Å². The van der Waals surface area contributed by atoms with Gasteiger partial charge >= 0.3 is 0 Å². The number of fused-ring (bicyclic) bond motifs is 4. The Bertz CT molecular complexity index is 1490. The van der Waals surface area contributed by atoms with E-state index in [4.69, 9.17) is 10.5 Å². The Morgan fingerprint density at radius 1 is 1.16 bits per heavy atom. The number of ether oxygens (including phenoxy) is 1. The van der Waals surface area contributed by atoms with Crippen molar-refractivity contribution in [1.82, 2.24) is 24.3 Å². The van der Waals surface area contributed by atoms with E-state index in [9.17, 15) is 4.79 Å². The number of nitrogen functional groups attached to an aromatic ring is 1. The number of imidazole rings is 1. The third-order valence-electron chi connectivity index (χ3n) is 6.04. The summed E-state index contributed by atoms with van der Waals surface area (Å²) in [6.45, 7) is 2.96. The van der Waals surface area contributed by atoms with Crippen molar-refractivity contribution in [3.8, 4) is 0 Å². The lowest BCUT2D eigenvalue weighted by atomic mass is 10.0. The van der Waals surface area contributed by atoms with Crippen molar-refractivity contribution in [3.05, 3.63) is 65.6 Å². The second kappa shape index (κ2) is 7.25. The number of hydrogen-bond donors (Lipinski definition) is 1. The average Bonchev–Trinajstić information content (AvgIpc) is 3.48. The molecule has 160 valence electrons. The molecule has 5 aromatic rings. The van der Waals surface area contributed by atoms with E-state index < -0.39 is 0 Å². The van der Waals surface area contributed by atoms with Crippen LogP contribution in [0.25, 0.3) is 26.8 Å². The van der Waals surface area contributed by atoms with Crippen LogP contribution >= 0.6 is 11.3 Å². The fraction of sp³-hybridized carbons (Fsp3) is 0.217. The number of morpholine rings is 1. The van der Waals surface area contributed by atoms with Gasteiger partial charge in [0.2, 0.25) is 0 Å². The second-order valence-corrected chi connectivity index (χ2v) is 8.93. The number of aromatic nitrogens is 4. The van der Waals surface area contributed by atoms with Gasteiger partial charge in [-0.25, -0.2) is 15.0 Å². The molecule has 3 aromatic heterocycles. The minimum absolute atomic E-state index is 0.0452. The molecule has 6 rings (SSSR count). The Hall–Kier alpha value is -3.56. The van der Waals surface area contributed by atoms with Crippen LogP contribution in [0.2, 0.25) is 0 Å². The minimum atomic E-state index is -0.189. The summed E-state index contributed by atoms with van der Waals surface area (Å²) in [7, 11) is 0. The first-order valence-corrected chi connectivity index (χ1v) is 11.2. The Labute approximate surface area is 187 Å². The number of anilines is 1. The summed E-state index contributed by atoms with van der Waals surface area (Å²) in [5.41, 5.74) is 12.7. The van der Waals surface area contributed by atoms with Crippen LogP contribution in [0.15, 0.2) is 54.4 Å². The predicted octanol–water partition coefficient (Wildman–Crippen LogP) is 3.68. The number of nitrogens with zero attached hydrogens (tertiary/aromatic N) is 5. The smallest absolute Gasteiger partial charge is 0.254 e. The van der Waals surface area contributed by atoms with Gasteiger partial charge in [-0.1, -0.05) is 6.07 Å². The van der Waals surface area contributed by atoms with Crippen LogP contribution < -0.4 is 5.73 Å². The molecule has 32 heavy (non-hydrogen) atoms. The normalized spacial score (nSPS) is 19.2. The zero-order valence-corrected chi connectivity index (χ0v) is 18.1. The molecule has 0 saturated carbocycles. The first-order chi connectivity index (χ1) is 15.6. The van der Waals surface area contributed by atoms with Gasteiger partial charge in [-0.2, -0.15) is 0 Å². The van der Waals surface area contributed by atoms with Crippen LogP contribution in [0.1, 0.15) is 28.9 Å². The number of benzene rings is 2. The van der Waals surface area contributed by atoms with Gasteiger partial charge in [0.05, 0.1) is 64.6 Å². The molecule has 0 spiro atoms. The fourth-order valence-electron chi connectivity index (χ4n) is 4.46. The number of nitrogens with two attached hydrogens (primary N) is 1. The largest absolute Gasteiger partial charge is 0.382 e. The van der Waals surface area contributed by atoms with E-state index >= 15 is 0 Å². The van der Waals surface area contributed by atoms with E-state index in [1.165, 1.54) is 0 Å². The molecule has 1 aliphatic rings. The van der Waals surface area contributed by atoms with Crippen molar-refractivity contribution in [3.63, 3.8) is 0 Å². The van der Waals surface area contributed by atoms with E-state index in [0.717, 1.165) is 26.8 Å². The first-order valence-electron chi connectivity index (χ1n) is 10.3. The van der Waals surface area contributed by atoms with Crippen molar-refractivity contribution < 1.29 is 9.53 Å². The minimum Gasteiger partial charge on any atom is -0.382 e. The zero-order valence-electron chi connectivity index (χ0n) is 17.3. The molecule has 1 amide bonds. The van der Waals surface area contributed by atoms with Crippen LogP contribution in [-0.4, -0.2) is 49.4 Å². The topological polar surface area (TPSA) is 98.6 Å². The Kier molecular flexibility index (Phi) is 4.34. The Morgan fingerprint density at radius 2 is 2.06 bits per heavy atom. The molecule has 1 fully saturated rings. The summed E-state index contributed by atoms with van der Waals surface area (Å²) in [5, 5.41) is 0. The predicted molar refractivity (Wildman–Crippen MR) is 124 cm³/mol. The molecule has 9 heteroatoms. The summed E-state index contributed by atoms with van der Waals surface area (Å²) in [6.07, 6.45) is 3.36. The zero-order chi connectivity index (χ0) is 21.8. The van der Waals surface area contributed by atoms with E-state index in [2.05, 4.69) is 33.2 Å². The third kappa shape index (κ3) is 2.93. The molecule has 0 bridgehead atoms. The molecule has 4 heterocycles. The Morgan fingerprint density at radius 3 is 2.97 bits per heavy atom. The highest BCUT2D eigenvalue weighted by Crippen LogP contribution is 2.32. The lowest BCUT2D eigenvalue weighted by molar-refractivity contribution is -0.0315. The van der Waals surface area contributed by atoms with Crippen molar-refractivity contribution in [2.75, 3.05) is 18.9 Å². The lowest BCUT2D eigenvalue weighted by Crippen LogP contribution is -2.49. The quantitative estimate of drug-likeness (QED) is 0.446. The molecule has 8 nitrogen and oxygen atoms in total. The Balaban J connectivity index is 1.43. The van der Waals surface area contributed by atoms with Gasteiger partial charge in [0.15, 0.2) is 0 Å². The van der Waals surface area contributed by atoms with E-state index in [-0.39, 0.29) is 18.0 Å². The summed E-state index contributed by atoms with van der Waals surface area (Å²) < 4.78 is 8.83. The average molecular weight is 445 g/mol. The SMILES string of the molecule is CC1COCC(c2ccc3scnc3c2)N1C(=O)c1ccc2nc(N)c3cncn3c2c1. The standard InChI is InChI=1S/C23H20N6O2S/c1-13-9-31-10-20(14-3-5-21-17(6-14)26-12-32-21)29(13)23(30)15-2-4-16-18(7-15)28-11-25-8-19(28)22(24)27-16/h2-8,11-13,20H,9-10H2,1H3,(H2,24,27). The van der Waals surface area contributed by atoms with Crippen molar-refractivity contribution in [2.24, 2.45) is 0 Å². The highest BCUT2D eigenvalue weighted by atomic mass is 32.1. The van der Waals surface area contributed by atoms with Gasteiger partial charge in [-0.05, 0) is 42.8 Å². The number of carbonyl (C=O) groups is 1. The third-order valence-corrected chi connectivity index (χ3v) is 6.85. The maximum absolute atomic E-state index is 13.8. The molecule has 2 atom stereocenters. The molecule has 0 aliphatic carbocycles. The van der Waals surface area contributed by atoms with Crippen molar-refractivity contribution in [1.29, 1.82) is 0 Å². The molecular formula is C23H20N6O2S. The number of thiazole rings is 1. The fourth-order valence-corrected chi connectivity index (χ4v) is 5.11. The number of hydrogen-bond acceptors (Lipinski definition) is 7. The number of carbonyl (C=O) groups excluding carboxylic acids is 1. The molecule has 1 aliphatic heterocycles. The second-order valence-electron chi connectivity index (χ2n) is 8.04. The molecule has 2 N–H and O–H groups in total. The number of amides is 1. The maximum Gasteiger partial charge on any atom is 0.254 e. The van der Waals surface area contributed by atoms with Crippen LogP contribution in [0.4, 0.5) is 5.82 Å². The first kappa shape index (κ1) is 19.1. The lowest BCUT2D eigenvalue weighted by Gasteiger charge is -2.41. The monoisotopic (exact) mass is 444 g/mol. The molecule has 2 unspecified atom stereocenters. The van der Waals surface area contributed by atoms with Gasteiger partial charge < -0.3 is 15.4 Å². The molecule has 2 aromatic carbocycles. The maximum atomic E-state index is 13.8. The van der Waals surface area contributed by atoms with Gasteiger partial charge in [-0.15, -0.1) is 11.3 Å². The van der Waals surface area contributed by atoms with Crippen molar-refractivity contribution in [2.45, 2.75) is 19.0 Å². The van der Waals surface area contributed by atoms with Crippen LogP contribution in [0, 0.1) is 0 Å². The summed E-state index contributed by atoms with van der Waals surface area (Å²) >= 11 is 1.61. The molecular weight excluding hydrogens is 424 g/mol. The van der Waals surface area contributed by atoms with Gasteiger partial charge in [0.25, 0.3) is 5.91 Å². The summed E-state index contributed by atoms with van der Waals surface area (Å²) in [4.78, 5) is 28.8. The molecule has 1 saturated heterocycles. The summed E-state index contributed by atoms with van der Waals surface area (Å²) in [6, 6.07) is 11.4. The van der Waals surface area contributed by atoms with Gasteiger partial charge in [-0.3, -0.25) is 9.20 Å². The van der Waals surface area contributed by atoms with Crippen LogP contribution in [0.5, 0.6) is 0 Å². The number of rotatable bonds is 2.